The van der Waals surface area contributed by atoms with E-state index in [9.17, 15) is 19.5 Å². The van der Waals surface area contributed by atoms with Crippen LogP contribution >= 0.6 is 11.5 Å². The monoisotopic (exact) mass is 307 g/mol. The summed E-state index contributed by atoms with van der Waals surface area (Å²) in [7, 11) is 1.42. The zero-order valence-electron chi connectivity index (χ0n) is 11.6. The molecule has 2 rings (SSSR count). The molecule has 0 unspecified atom stereocenters. The fourth-order valence-electron chi connectivity index (χ4n) is 1.85. The van der Waals surface area contributed by atoms with Crippen LogP contribution in [-0.2, 0) is 0 Å². The number of carboxylic acid groups (broad SMARTS) is 1. The molecule has 0 aromatic carbocycles. The fourth-order valence-corrected chi connectivity index (χ4v) is 2.69. The number of aryl methyl sites for hydroxylation is 2. The van der Waals surface area contributed by atoms with E-state index in [1.54, 1.807) is 19.9 Å². The van der Waals surface area contributed by atoms with Gasteiger partial charge in [0.15, 0.2) is 0 Å². The fraction of sp³-hybridized carbons (Fsp3) is 0.231. The number of pyridine rings is 1. The van der Waals surface area contributed by atoms with Crippen molar-refractivity contribution in [2.24, 2.45) is 0 Å². The summed E-state index contributed by atoms with van der Waals surface area (Å²) in [5.74, 6) is -1.74. The van der Waals surface area contributed by atoms with Crippen molar-refractivity contribution in [1.29, 1.82) is 0 Å². The number of carboxylic acids is 1. The number of aromatic nitrogens is 2. The number of rotatable bonds is 3. The number of nitrogens with zero attached hydrogens (tertiary/aromatic N) is 2. The van der Waals surface area contributed by atoms with Gasteiger partial charge >= 0.3 is 5.97 Å². The van der Waals surface area contributed by atoms with Gasteiger partial charge in [0.05, 0.1) is 5.69 Å². The van der Waals surface area contributed by atoms with Gasteiger partial charge < -0.3 is 15.0 Å². The Labute approximate surface area is 124 Å². The average Bonchev–Trinajstić information content (AvgIpc) is 2.79. The molecule has 0 bridgehead atoms. The molecule has 2 heterocycles. The van der Waals surface area contributed by atoms with Crippen LogP contribution < -0.4 is 10.5 Å². The van der Waals surface area contributed by atoms with Gasteiger partial charge in [-0.1, -0.05) is 0 Å². The third kappa shape index (κ3) is 2.70. The molecule has 110 valence electrons. The first-order chi connectivity index (χ1) is 9.82. The molecule has 2 aromatic rings. The van der Waals surface area contributed by atoms with Crippen LogP contribution in [0.25, 0.3) is 0 Å². The van der Waals surface area contributed by atoms with Crippen molar-refractivity contribution in [3.8, 4) is 0 Å². The number of aromatic amines is 1. The Hall–Kier alpha value is -2.48. The van der Waals surface area contributed by atoms with Crippen molar-refractivity contribution in [2.45, 2.75) is 13.8 Å². The van der Waals surface area contributed by atoms with E-state index in [1.807, 2.05) is 0 Å². The molecule has 0 atom stereocenters. The average molecular weight is 307 g/mol. The molecule has 21 heavy (non-hydrogen) atoms. The first-order valence-corrected chi connectivity index (χ1v) is 6.77. The van der Waals surface area contributed by atoms with E-state index in [2.05, 4.69) is 9.36 Å². The Morgan fingerprint density at radius 1 is 1.33 bits per heavy atom. The molecule has 0 spiro atoms. The summed E-state index contributed by atoms with van der Waals surface area (Å²) in [6, 6.07) is 3.03. The molecule has 2 N–H and O–H groups in total. The number of aromatic carboxylic acids is 1. The Bertz CT molecular complexity index is 778. The highest BCUT2D eigenvalue weighted by Crippen LogP contribution is 2.28. The van der Waals surface area contributed by atoms with Crippen LogP contribution in [0.4, 0.5) is 5.00 Å². The zero-order valence-corrected chi connectivity index (χ0v) is 12.4. The van der Waals surface area contributed by atoms with Crippen LogP contribution in [-0.4, -0.2) is 33.4 Å². The predicted octanol–water partition coefficient (Wildman–Crippen LogP) is 1.42. The summed E-state index contributed by atoms with van der Waals surface area (Å²) in [6.45, 7) is 3.26. The summed E-state index contributed by atoms with van der Waals surface area (Å²) in [6.07, 6.45) is 0. The molecule has 0 radical (unpaired) electrons. The molecule has 0 aliphatic carbocycles. The topological polar surface area (TPSA) is 103 Å². The molecule has 0 saturated heterocycles. The van der Waals surface area contributed by atoms with Gasteiger partial charge in [-0.15, -0.1) is 0 Å². The second-order valence-corrected chi connectivity index (χ2v) is 5.25. The van der Waals surface area contributed by atoms with Crippen molar-refractivity contribution in [3.05, 3.63) is 45.0 Å². The minimum Gasteiger partial charge on any atom is -0.478 e. The second kappa shape index (κ2) is 5.49. The first kappa shape index (κ1) is 14.9. The maximum Gasteiger partial charge on any atom is 0.340 e. The van der Waals surface area contributed by atoms with E-state index in [-0.39, 0.29) is 16.1 Å². The van der Waals surface area contributed by atoms with Gasteiger partial charge in [-0.2, -0.15) is 4.37 Å². The highest BCUT2D eigenvalue weighted by atomic mass is 32.1. The lowest BCUT2D eigenvalue weighted by Crippen LogP contribution is -2.32. The molecule has 0 aliphatic rings. The molecule has 0 aliphatic heterocycles. The van der Waals surface area contributed by atoms with Gasteiger partial charge in [-0.3, -0.25) is 9.59 Å². The number of H-pyrrole nitrogens is 1. The molecule has 1 amide bonds. The van der Waals surface area contributed by atoms with Gasteiger partial charge in [0.1, 0.15) is 16.1 Å². The predicted molar refractivity (Wildman–Crippen MR) is 78.3 cm³/mol. The maximum absolute atomic E-state index is 12.4. The Morgan fingerprint density at radius 3 is 2.57 bits per heavy atom. The maximum atomic E-state index is 12.4. The quantitative estimate of drug-likeness (QED) is 0.892. The smallest absolute Gasteiger partial charge is 0.340 e. The van der Waals surface area contributed by atoms with E-state index in [0.29, 0.717) is 11.4 Å². The van der Waals surface area contributed by atoms with E-state index in [1.165, 1.54) is 13.1 Å². The van der Waals surface area contributed by atoms with Crippen LogP contribution in [0.5, 0.6) is 0 Å². The summed E-state index contributed by atoms with van der Waals surface area (Å²) < 4.78 is 3.95. The number of nitrogens with one attached hydrogen (secondary N) is 1. The van der Waals surface area contributed by atoms with E-state index >= 15 is 0 Å². The van der Waals surface area contributed by atoms with Gasteiger partial charge in [0.25, 0.3) is 11.5 Å². The van der Waals surface area contributed by atoms with E-state index in [0.717, 1.165) is 16.4 Å². The lowest BCUT2D eigenvalue weighted by Gasteiger charge is -2.15. The number of carbonyl (C=O) groups is 2. The Morgan fingerprint density at radius 2 is 2.00 bits per heavy atom. The van der Waals surface area contributed by atoms with Crippen LogP contribution in [0.2, 0.25) is 0 Å². The zero-order chi connectivity index (χ0) is 15.7. The summed E-state index contributed by atoms with van der Waals surface area (Å²) in [4.78, 5) is 39.1. The number of hydrogen-bond acceptors (Lipinski definition) is 5. The summed E-state index contributed by atoms with van der Waals surface area (Å²) in [5, 5.41) is 9.39. The number of carbonyl (C=O) groups excluding carboxylic acids is 1. The van der Waals surface area contributed by atoms with Gasteiger partial charge in [-0.05, 0) is 37.5 Å². The van der Waals surface area contributed by atoms with Gasteiger partial charge in [0.2, 0.25) is 0 Å². The van der Waals surface area contributed by atoms with Crippen molar-refractivity contribution in [3.63, 3.8) is 0 Å². The third-order valence-corrected chi connectivity index (χ3v) is 3.97. The normalized spacial score (nSPS) is 10.4. The van der Waals surface area contributed by atoms with E-state index < -0.39 is 17.4 Å². The minimum absolute atomic E-state index is 0.0283. The summed E-state index contributed by atoms with van der Waals surface area (Å²) >= 11 is 0.907. The summed E-state index contributed by atoms with van der Waals surface area (Å²) in [5.41, 5.74) is 0.383. The number of anilines is 1. The molecule has 0 saturated carbocycles. The van der Waals surface area contributed by atoms with E-state index in [4.69, 9.17) is 0 Å². The second-order valence-electron chi connectivity index (χ2n) is 4.50. The van der Waals surface area contributed by atoms with Crippen molar-refractivity contribution < 1.29 is 14.7 Å². The van der Waals surface area contributed by atoms with Crippen molar-refractivity contribution in [1.82, 2.24) is 9.36 Å². The SMILES string of the molecule is Cc1ccc(C(=O)N(C)c2snc(C)c2C(=O)O)c(=O)[nH]1. The third-order valence-electron chi connectivity index (χ3n) is 2.95. The van der Waals surface area contributed by atoms with Gasteiger partial charge in [-0.25, -0.2) is 4.79 Å². The highest BCUT2D eigenvalue weighted by Gasteiger charge is 2.25. The lowest BCUT2D eigenvalue weighted by molar-refractivity contribution is 0.0697. The molecule has 2 aromatic heterocycles. The Balaban J connectivity index is 2.45. The largest absolute Gasteiger partial charge is 0.478 e. The molecular formula is C13H13N3O4S. The van der Waals surface area contributed by atoms with Crippen LogP contribution in [0.1, 0.15) is 32.1 Å². The number of amides is 1. The minimum atomic E-state index is -1.16. The van der Waals surface area contributed by atoms with Crippen molar-refractivity contribution >= 4 is 28.4 Å². The van der Waals surface area contributed by atoms with Gasteiger partial charge in [0, 0.05) is 12.7 Å². The van der Waals surface area contributed by atoms with Crippen LogP contribution in [0.3, 0.4) is 0 Å². The highest BCUT2D eigenvalue weighted by molar-refractivity contribution is 7.11. The lowest BCUT2D eigenvalue weighted by atomic mass is 10.2. The number of hydrogen-bond donors (Lipinski definition) is 2. The van der Waals surface area contributed by atoms with Crippen LogP contribution in [0, 0.1) is 13.8 Å². The molecule has 8 heteroatoms. The van der Waals surface area contributed by atoms with Crippen LogP contribution in [0.15, 0.2) is 16.9 Å². The first-order valence-electron chi connectivity index (χ1n) is 6.00. The standard InChI is InChI=1S/C13H13N3O4S/c1-6-4-5-8(10(17)14-6)11(18)16(3)12-9(13(19)20)7(2)15-21-12/h4-5H,1-3H3,(H,14,17)(H,19,20). The molecular weight excluding hydrogens is 294 g/mol. The Kier molecular flexibility index (Phi) is 3.90. The molecule has 0 fully saturated rings. The molecule has 7 nitrogen and oxygen atoms in total. The van der Waals surface area contributed by atoms with Crippen molar-refractivity contribution in [2.75, 3.05) is 11.9 Å².